The molecule has 1 fully saturated rings. The smallest absolute Gasteiger partial charge is 0.263 e. The molecule has 22 heavy (non-hydrogen) atoms. The molecule has 0 saturated carbocycles. The molecule has 0 bridgehead atoms. The number of hydrogen-bond donors (Lipinski definition) is 0. The second-order valence-corrected chi connectivity index (χ2v) is 5.75. The maximum absolute atomic E-state index is 12.6. The van der Waals surface area contributed by atoms with E-state index < -0.39 is 6.10 Å². The third-order valence-electron chi connectivity index (χ3n) is 4.03. The van der Waals surface area contributed by atoms with Crippen LogP contribution in [-0.2, 0) is 9.59 Å². The quantitative estimate of drug-likeness (QED) is 0.779. The van der Waals surface area contributed by atoms with Gasteiger partial charge in [-0.15, -0.1) is 0 Å². The second-order valence-electron chi connectivity index (χ2n) is 5.75. The zero-order valence-electron chi connectivity index (χ0n) is 13.5. The molecule has 120 valence electrons. The fourth-order valence-electron chi connectivity index (χ4n) is 2.55. The minimum atomic E-state index is -0.469. The summed E-state index contributed by atoms with van der Waals surface area (Å²) in [5.74, 6) is 0.778. The Morgan fingerprint density at radius 3 is 2.55 bits per heavy atom. The molecule has 0 aliphatic carbocycles. The lowest BCUT2D eigenvalue weighted by Gasteiger charge is -2.34. The van der Waals surface area contributed by atoms with Gasteiger partial charge in [0.2, 0.25) is 6.41 Å². The number of amides is 2. The molecular formula is C17H24N2O3. The summed E-state index contributed by atoms with van der Waals surface area (Å²) < 4.78 is 5.97. The lowest BCUT2D eigenvalue weighted by Crippen LogP contribution is -2.51. The number of carbonyl (C=O) groups is 2. The molecule has 1 aliphatic heterocycles. The third kappa shape index (κ3) is 3.78. The Hall–Kier alpha value is -2.04. The van der Waals surface area contributed by atoms with Crippen LogP contribution in [0.5, 0.6) is 5.75 Å². The standard InChI is InChI=1S/C17H24N2O3/c1-4-15(22-16-11-13(2)5-6-14(16)3)17(21)19-9-7-18(12-20)8-10-19/h5-6,11-12,15H,4,7-10H2,1-3H3/t15-/m1/s1. The van der Waals surface area contributed by atoms with Gasteiger partial charge in [0.15, 0.2) is 6.10 Å². The highest BCUT2D eigenvalue weighted by molar-refractivity contribution is 5.81. The normalized spacial score (nSPS) is 16.3. The third-order valence-corrected chi connectivity index (χ3v) is 4.03. The Balaban J connectivity index is 2.03. The van der Waals surface area contributed by atoms with E-state index in [2.05, 4.69) is 0 Å². The van der Waals surface area contributed by atoms with E-state index in [1.807, 2.05) is 39.0 Å². The first-order chi connectivity index (χ1) is 10.5. The van der Waals surface area contributed by atoms with Crippen molar-refractivity contribution in [2.24, 2.45) is 0 Å². The molecule has 5 nitrogen and oxygen atoms in total. The van der Waals surface area contributed by atoms with E-state index in [9.17, 15) is 9.59 Å². The van der Waals surface area contributed by atoms with E-state index >= 15 is 0 Å². The van der Waals surface area contributed by atoms with Gasteiger partial charge in [0.1, 0.15) is 5.75 Å². The Kier molecular flexibility index (Phi) is 5.41. The molecule has 1 aromatic rings. The van der Waals surface area contributed by atoms with E-state index in [0.29, 0.717) is 32.6 Å². The highest BCUT2D eigenvalue weighted by Crippen LogP contribution is 2.22. The summed E-state index contributed by atoms with van der Waals surface area (Å²) in [6.45, 7) is 8.27. The molecule has 0 spiro atoms. The van der Waals surface area contributed by atoms with Crippen LogP contribution in [0.15, 0.2) is 18.2 Å². The van der Waals surface area contributed by atoms with Crippen molar-refractivity contribution < 1.29 is 14.3 Å². The van der Waals surface area contributed by atoms with E-state index in [1.54, 1.807) is 9.80 Å². The summed E-state index contributed by atoms with van der Waals surface area (Å²) in [5, 5.41) is 0. The van der Waals surface area contributed by atoms with E-state index in [-0.39, 0.29) is 5.91 Å². The fourth-order valence-corrected chi connectivity index (χ4v) is 2.55. The summed E-state index contributed by atoms with van der Waals surface area (Å²) in [4.78, 5) is 26.8. The maximum Gasteiger partial charge on any atom is 0.263 e. The predicted molar refractivity (Wildman–Crippen MR) is 84.8 cm³/mol. The summed E-state index contributed by atoms with van der Waals surface area (Å²) >= 11 is 0. The van der Waals surface area contributed by atoms with Crippen LogP contribution in [0.25, 0.3) is 0 Å². The van der Waals surface area contributed by atoms with Crippen LogP contribution in [0.1, 0.15) is 24.5 Å². The van der Waals surface area contributed by atoms with Crippen molar-refractivity contribution in [3.8, 4) is 5.75 Å². The molecule has 1 aliphatic rings. The largest absolute Gasteiger partial charge is 0.480 e. The summed E-state index contributed by atoms with van der Waals surface area (Å²) in [6, 6.07) is 6.00. The average molecular weight is 304 g/mol. The van der Waals surface area contributed by atoms with Crippen LogP contribution < -0.4 is 4.74 Å². The zero-order chi connectivity index (χ0) is 16.1. The number of rotatable bonds is 5. The van der Waals surface area contributed by atoms with Crippen LogP contribution >= 0.6 is 0 Å². The first-order valence-corrected chi connectivity index (χ1v) is 7.77. The molecule has 0 N–H and O–H groups in total. The van der Waals surface area contributed by atoms with Gasteiger partial charge in [-0.05, 0) is 37.5 Å². The number of nitrogens with zero attached hydrogens (tertiary/aromatic N) is 2. The number of ether oxygens (including phenoxy) is 1. The number of benzene rings is 1. The molecule has 0 unspecified atom stereocenters. The first-order valence-electron chi connectivity index (χ1n) is 7.77. The van der Waals surface area contributed by atoms with Crippen LogP contribution in [-0.4, -0.2) is 54.4 Å². The lowest BCUT2D eigenvalue weighted by atomic mass is 10.1. The summed E-state index contributed by atoms with van der Waals surface area (Å²) in [6.07, 6.45) is 0.995. The van der Waals surface area contributed by atoms with Gasteiger partial charge in [-0.2, -0.15) is 0 Å². The van der Waals surface area contributed by atoms with Gasteiger partial charge in [-0.1, -0.05) is 19.1 Å². The van der Waals surface area contributed by atoms with Crippen molar-refractivity contribution in [3.63, 3.8) is 0 Å². The van der Waals surface area contributed by atoms with Crippen molar-refractivity contribution in [1.29, 1.82) is 0 Å². The van der Waals surface area contributed by atoms with Crippen LogP contribution in [0, 0.1) is 13.8 Å². The molecule has 2 rings (SSSR count). The number of piperazine rings is 1. The van der Waals surface area contributed by atoms with E-state index in [0.717, 1.165) is 23.3 Å². The molecule has 1 saturated heterocycles. The first kappa shape index (κ1) is 16.3. The number of hydrogen-bond acceptors (Lipinski definition) is 3. The molecule has 2 amide bonds. The van der Waals surface area contributed by atoms with Crippen LogP contribution in [0.2, 0.25) is 0 Å². The monoisotopic (exact) mass is 304 g/mol. The highest BCUT2D eigenvalue weighted by atomic mass is 16.5. The molecule has 1 aromatic carbocycles. The highest BCUT2D eigenvalue weighted by Gasteiger charge is 2.27. The minimum absolute atomic E-state index is 0.00829. The molecule has 0 aromatic heterocycles. The van der Waals surface area contributed by atoms with Crippen molar-refractivity contribution in [2.75, 3.05) is 26.2 Å². The van der Waals surface area contributed by atoms with Gasteiger partial charge >= 0.3 is 0 Å². The van der Waals surface area contributed by atoms with E-state index in [4.69, 9.17) is 4.74 Å². The van der Waals surface area contributed by atoms with Gasteiger partial charge in [0.05, 0.1) is 0 Å². The van der Waals surface area contributed by atoms with Gasteiger partial charge in [-0.3, -0.25) is 9.59 Å². The Labute approximate surface area is 131 Å². The molecular weight excluding hydrogens is 280 g/mol. The molecule has 0 radical (unpaired) electrons. The van der Waals surface area contributed by atoms with Crippen molar-refractivity contribution in [1.82, 2.24) is 9.80 Å². The zero-order valence-corrected chi connectivity index (χ0v) is 13.5. The Morgan fingerprint density at radius 1 is 1.27 bits per heavy atom. The van der Waals surface area contributed by atoms with Gasteiger partial charge in [0.25, 0.3) is 5.91 Å². The van der Waals surface area contributed by atoms with Gasteiger partial charge in [0, 0.05) is 26.2 Å². The molecule has 5 heteroatoms. The van der Waals surface area contributed by atoms with Crippen molar-refractivity contribution in [3.05, 3.63) is 29.3 Å². The SMILES string of the molecule is CC[C@@H](Oc1cc(C)ccc1C)C(=O)N1CCN(C=O)CC1. The second kappa shape index (κ2) is 7.29. The minimum Gasteiger partial charge on any atom is -0.480 e. The van der Waals surface area contributed by atoms with Crippen LogP contribution in [0.3, 0.4) is 0 Å². The summed E-state index contributed by atoms with van der Waals surface area (Å²) in [5.41, 5.74) is 2.14. The topological polar surface area (TPSA) is 49.9 Å². The molecule has 1 atom stereocenters. The number of carbonyl (C=O) groups excluding carboxylic acids is 2. The van der Waals surface area contributed by atoms with Crippen molar-refractivity contribution in [2.45, 2.75) is 33.3 Å². The fraction of sp³-hybridized carbons (Fsp3) is 0.529. The van der Waals surface area contributed by atoms with Crippen molar-refractivity contribution >= 4 is 12.3 Å². The molecule has 1 heterocycles. The Bertz CT molecular complexity index is 537. The average Bonchev–Trinajstić information content (AvgIpc) is 2.55. The number of aryl methyl sites for hydroxylation is 2. The maximum atomic E-state index is 12.6. The van der Waals surface area contributed by atoms with Gasteiger partial charge in [-0.25, -0.2) is 0 Å². The predicted octanol–water partition coefficient (Wildman–Crippen LogP) is 1.76. The lowest BCUT2D eigenvalue weighted by molar-refractivity contribution is -0.142. The Morgan fingerprint density at radius 2 is 1.95 bits per heavy atom. The van der Waals surface area contributed by atoms with Crippen LogP contribution in [0.4, 0.5) is 0 Å². The van der Waals surface area contributed by atoms with E-state index in [1.165, 1.54) is 0 Å². The van der Waals surface area contributed by atoms with Gasteiger partial charge < -0.3 is 14.5 Å². The summed E-state index contributed by atoms with van der Waals surface area (Å²) in [7, 11) is 0.